The summed E-state index contributed by atoms with van der Waals surface area (Å²) in [6.07, 6.45) is 0. The Kier molecular flexibility index (Phi) is 4.50. The summed E-state index contributed by atoms with van der Waals surface area (Å²) in [7, 11) is -1.26. The van der Waals surface area contributed by atoms with Crippen LogP contribution in [0.25, 0.3) is 0 Å². The molecule has 20 heavy (non-hydrogen) atoms. The maximum Gasteiger partial charge on any atom is 0.137 e. The minimum Gasteiger partial charge on any atom is -0.299 e. The van der Waals surface area contributed by atoms with E-state index in [-0.39, 0.29) is 11.7 Å². The van der Waals surface area contributed by atoms with Crippen molar-refractivity contribution in [1.29, 1.82) is 0 Å². The Morgan fingerprint density at radius 1 is 1.05 bits per heavy atom. The van der Waals surface area contributed by atoms with E-state index in [4.69, 9.17) is 0 Å². The summed E-state index contributed by atoms with van der Waals surface area (Å²) in [5.41, 5.74) is 1.98. The van der Waals surface area contributed by atoms with Crippen LogP contribution in [0.4, 0.5) is 0 Å². The van der Waals surface area contributed by atoms with Crippen LogP contribution < -0.4 is 0 Å². The fourth-order valence-corrected chi connectivity index (χ4v) is 3.31. The van der Waals surface area contributed by atoms with Gasteiger partial charge in [0.2, 0.25) is 0 Å². The van der Waals surface area contributed by atoms with Crippen molar-refractivity contribution in [3.05, 3.63) is 59.7 Å². The molecule has 0 N–H and O–H groups in total. The molecule has 0 aliphatic heterocycles. The Morgan fingerprint density at radius 3 is 2.25 bits per heavy atom. The molecule has 0 spiro atoms. The molecule has 0 aliphatic rings. The normalized spacial score (nSPS) is 13.8. The Hall–Kier alpha value is -1.74. The van der Waals surface area contributed by atoms with Crippen LogP contribution in [0.1, 0.15) is 30.9 Å². The van der Waals surface area contributed by atoms with Gasteiger partial charge in [-0.05, 0) is 37.6 Å². The minimum absolute atomic E-state index is 0.0818. The fourth-order valence-electron chi connectivity index (χ4n) is 2.01. The summed E-state index contributed by atoms with van der Waals surface area (Å²) in [6.45, 7) is 5.42. The van der Waals surface area contributed by atoms with E-state index in [9.17, 15) is 9.00 Å². The molecule has 0 amide bonds. The van der Waals surface area contributed by atoms with E-state index < -0.39 is 10.8 Å². The molecule has 2 aromatic carbocycles. The molecular formula is C17H18O2S. The Bertz CT molecular complexity index is 644. The molecule has 0 saturated heterocycles. The van der Waals surface area contributed by atoms with Crippen LogP contribution in [0.2, 0.25) is 0 Å². The summed E-state index contributed by atoms with van der Waals surface area (Å²) < 4.78 is 12.7. The van der Waals surface area contributed by atoms with Crippen LogP contribution >= 0.6 is 0 Å². The van der Waals surface area contributed by atoms with E-state index in [2.05, 4.69) is 0 Å². The van der Waals surface area contributed by atoms with Gasteiger partial charge in [0.25, 0.3) is 0 Å². The molecule has 2 atom stereocenters. The van der Waals surface area contributed by atoms with E-state index in [1.807, 2.05) is 62.4 Å². The third kappa shape index (κ3) is 3.05. The molecule has 2 nitrogen and oxygen atoms in total. The molecule has 0 fully saturated rings. The number of aryl methyl sites for hydroxylation is 1. The first-order valence-corrected chi connectivity index (χ1v) is 7.73. The summed E-state index contributed by atoms with van der Waals surface area (Å²) in [5, 5.41) is 0. The van der Waals surface area contributed by atoms with E-state index in [1.165, 1.54) is 0 Å². The van der Waals surface area contributed by atoms with Crippen molar-refractivity contribution < 1.29 is 9.00 Å². The van der Waals surface area contributed by atoms with Crippen molar-refractivity contribution in [3.8, 4) is 0 Å². The number of hydrogen-bond donors (Lipinski definition) is 0. The number of carbonyl (C=O) groups excluding carboxylic acids is 1. The van der Waals surface area contributed by atoms with E-state index >= 15 is 0 Å². The van der Waals surface area contributed by atoms with Gasteiger partial charge in [0.15, 0.2) is 0 Å². The maximum atomic E-state index is 12.7. The molecule has 0 radical (unpaired) electrons. The summed E-state index contributed by atoms with van der Waals surface area (Å²) in [6, 6.07) is 15.1. The molecule has 0 aliphatic carbocycles. The number of Topliss-reactive ketones (excluding diaryl/α,β-unsaturated/α-hetero) is 1. The van der Waals surface area contributed by atoms with Crippen molar-refractivity contribution in [1.82, 2.24) is 0 Å². The minimum atomic E-state index is -1.26. The summed E-state index contributed by atoms with van der Waals surface area (Å²) in [4.78, 5) is 13.1. The van der Waals surface area contributed by atoms with Crippen LogP contribution in [0, 0.1) is 6.92 Å². The zero-order valence-electron chi connectivity index (χ0n) is 11.9. The van der Waals surface area contributed by atoms with Gasteiger partial charge in [-0.2, -0.15) is 0 Å². The van der Waals surface area contributed by atoms with Crippen molar-refractivity contribution in [2.24, 2.45) is 0 Å². The predicted molar refractivity (Wildman–Crippen MR) is 81.4 cm³/mol. The standard InChI is InChI=1S/C17H18O2S/c1-12-8-10-15(11-9-12)20(19)17-7-5-4-6-16(17)13(2)14(3)18/h4-11,13H,1-3H3/t13-,20-/m0/s1. The third-order valence-electron chi connectivity index (χ3n) is 3.43. The van der Waals surface area contributed by atoms with Gasteiger partial charge in [-0.3, -0.25) is 4.79 Å². The quantitative estimate of drug-likeness (QED) is 0.855. The molecule has 0 unspecified atom stereocenters. The lowest BCUT2D eigenvalue weighted by molar-refractivity contribution is -0.118. The molecule has 2 rings (SSSR count). The van der Waals surface area contributed by atoms with Crippen molar-refractivity contribution >= 4 is 16.6 Å². The van der Waals surface area contributed by atoms with E-state index in [0.717, 1.165) is 20.9 Å². The predicted octanol–water partition coefficient (Wildman–Crippen LogP) is 3.85. The van der Waals surface area contributed by atoms with Crippen LogP contribution in [0.15, 0.2) is 58.3 Å². The van der Waals surface area contributed by atoms with Gasteiger partial charge in [0.1, 0.15) is 5.78 Å². The van der Waals surface area contributed by atoms with Gasteiger partial charge in [0, 0.05) is 15.7 Å². The highest BCUT2D eigenvalue weighted by molar-refractivity contribution is 7.85. The molecule has 0 aromatic heterocycles. The lowest BCUT2D eigenvalue weighted by atomic mass is 9.98. The van der Waals surface area contributed by atoms with Crippen molar-refractivity contribution in [2.45, 2.75) is 36.5 Å². The Labute approximate surface area is 122 Å². The fraction of sp³-hybridized carbons (Fsp3) is 0.235. The summed E-state index contributed by atoms with van der Waals surface area (Å²) >= 11 is 0. The van der Waals surface area contributed by atoms with Crippen LogP contribution in [-0.4, -0.2) is 9.99 Å². The SMILES string of the molecule is CC(=O)[C@H](C)c1ccccc1[S@@](=O)c1ccc(C)cc1. The number of ketones is 1. The number of carbonyl (C=O) groups is 1. The van der Waals surface area contributed by atoms with Crippen LogP contribution in [-0.2, 0) is 15.6 Å². The summed E-state index contributed by atoms with van der Waals surface area (Å²) in [5.74, 6) is -0.154. The highest BCUT2D eigenvalue weighted by Gasteiger charge is 2.18. The topological polar surface area (TPSA) is 34.1 Å². The monoisotopic (exact) mass is 286 g/mol. The first kappa shape index (κ1) is 14.7. The first-order chi connectivity index (χ1) is 9.50. The lowest BCUT2D eigenvalue weighted by Gasteiger charge is -2.13. The van der Waals surface area contributed by atoms with Gasteiger partial charge in [0.05, 0.1) is 10.8 Å². The molecular weight excluding hydrogens is 268 g/mol. The number of benzene rings is 2. The highest BCUT2D eigenvalue weighted by Crippen LogP contribution is 2.26. The molecule has 0 bridgehead atoms. The zero-order chi connectivity index (χ0) is 14.7. The second-order valence-corrected chi connectivity index (χ2v) is 6.40. The molecule has 3 heteroatoms. The third-order valence-corrected chi connectivity index (χ3v) is 4.90. The van der Waals surface area contributed by atoms with Gasteiger partial charge in [-0.1, -0.05) is 42.8 Å². The van der Waals surface area contributed by atoms with Crippen molar-refractivity contribution in [2.75, 3.05) is 0 Å². The van der Waals surface area contributed by atoms with Gasteiger partial charge in [-0.25, -0.2) is 4.21 Å². The highest BCUT2D eigenvalue weighted by atomic mass is 32.2. The molecule has 104 valence electrons. The van der Waals surface area contributed by atoms with Crippen molar-refractivity contribution in [3.63, 3.8) is 0 Å². The average molecular weight is 286 g/mol. The van der Waals surface area contributed by atoms with E-state index in [1.54, 1.807) is 6.92 Å². The average Bonchev–Trinajstić information content (AvgIpc) is 2.46. The van der Waals surface area contributed by atoms with Crippen LogP contribution in [0.3, 0.4) is 0 Å². The first-order valence-electron chi connectivity index (χ1n) is 6.58. The van der Waals surface area contributed by atoms with Gasteiger partial charge in [-0.15, -0.1) is 0 Å². The largest absolute Gasteiger partial charge is 0.299 e. The molecule has 0 heterocycles. The maximum absolute atomic E-state index is 12.7. The van der Waals surface area contributed by atoms with Gasteiger partial charge >= 0.3 is 0 Å². The van der Waals surface area contributed by atoms with Crippen LogP contribution in [0.5, 0.6) is 0 Å². The second-order valence-electron chi connectivity index (χ2n) is 4.95. The second kappa shape index (κ2) is 6.14. The number of hydrogen-bond acceptors (Lipinski definition) is 2. The lowest BCUT2D eigenvalue weighted by Crippen LogP contribution is -2.08. The molecule has 0 saturated carbocycles. The Morgan fingerprint density at radius 2 is 1.65 bits per heavy atom. The zero-order valence-corrected chi connectivity index (χ0v) is 12.7. The molecule has 2 aromatic rings. The smallest absolute Gasteiger partial charge is 0.137 e. The number of rotatable bonds is 4. The van der Waals surface area contributed by atoms with Gasteiger partial charge < -0.3 is 0 Å². The Balaban J connectivity index is 2.45. The van der Waals surface area contributed by atoms with E-state index in [0.29, 0.717) is 0 Å².